The molecule has 1 fully saturated rings. The first-order valence-electron chi connectivity index (χ1n) is 6.69. The summed E-state index contributed by atoms with van der Waals surface area (Å²) in [6.45, 7) is 3.37. The van der Waals surface area contributed by atoms with Crippen molar-refractivity contribution >= 4 is 17.7 Å². The summed E-state index contributed by atoms with van der Waals surface area (Å²) in [5.41, 5.74) is 0.759. The fourth-order valence-corrected chi connectivity index (χ4v) is 2.64. The Morgan fingerprint density at radius 1 is 1.45 bits per heavy atom. The molecule has 1 atom stereocenters. The predicted molar refractivity (Wildman–Crippen MR) is 75.1 cm³/mol. The number of aliphatic hydroxyl groups excluding tert-OH is 1. The van der Waals surface area contributed by atoms with Gasteiger partial charge in [-0.2, -0.15) is 0 Å². The Balaban J connectivity index is 2.14. The van der Waals surface area contributed by atoms with Crippen LogP contribution in [0.4, 0.5) is 11.4 Å². The first-order valence-corrected chi connectivity index (χ1v) is 6.69. The van der Waals surface area contributed by atoms with Gasteiger partial charge in [0, 0.05) is 24.8 Å². The maximum atomic E-state index is 11.0. The molecule has 0 amide bonds. The highest BCUT2D eigenvalue weighted by Gasteiger charge is 2.24. The molecule has 0 radical (unpaired) electrons. The van der Waals surface area contributed by atoms with E-state index in [1.54, 1.807) is 19.1 Å². The van der Waals surface area contributed by atoms with Crippen molar-refractivity contribution in [1.29, 1.82) is 0 Å². The summed E-state index contributed by atoms with van der Waals surface area (Å²) in [7, 11) is 0. The van der Waals surface area contributed by atoms with E-state index in [1.807, 2.05) is 0 Å². The van der Waals surface area contributed by atoms with E-state index in [0.717, 1.165) is 31.6 Å². The maximum Gasteiger partial charge on any atom is 0.280 e. The molecular formula is C14H18N2O4. The molecule has 1 aromatic rings. The highest BCUT2D eigenvalue weighted by Crippen LogP contribution is 2.28. The van der Waals surface area contributed by atoms with Crippen molar-refractivity contribution < 1.29 is 14.8 Å². The third kappa shape index (κ3) is 2.96. The molecule has 6 heteroatoms. The molecule has 1 aromatic carbocycles. The number of benzene rings is 1. The summed E-state index contributed by atoms with van der Waals surface area (Å²) >= 11 is 0. The van der Waals surface area contributed by atoms with Crippen LogP contribution in [0.2, 0.25) is 0 Å². The van der Waals surface area contributed by atoms with E-state index >= 15 is 0 Å². The average Bonchev–Trinajstić information content (AvgIpc) is 2.46. The molecule has 0 saturated carbocycles. The summed E-state index contributed by atoms with van der Waals surface area (Å²) in [5.74, 6) is 0.301. The van der Waals surface area contributed by atoms with Crippen LogP contribution in [0.15, 0.2) is 18.2 Å². The monoisotopic (exact) mass is 278 g/mol. The van der Waals surface area contributed by atoms with E-state index in [-0.39, 0.29) is 17.4 Å². The third-order valence-electron chi connectivity index (χ3n) is 3.92. The van der Waals surface area contributed by atoms with Gasteiger partial charge in [-0.3, -0.25) is 14.9 Å². The van der Waals surface area contributed by atoms with Gasteiger partial charge >= 0.3 is 0 Å². The second kappa shape index (κ2) is 6.00. The van der Waals surface area contributed by atoms with E-state index in [0.29, 0.717) is 12.2 Å². The van der Waals surface area contributed by atoms with Gasteiger partial charge in [-0.15, -0.1) is 0 Å². The third-order valence-corrected chi connectivity index (χ3v) is 3.92. The normalized spacial score (nSPS) is 17.8. The van der Waals surface area contributed by atoms with E-state index in [4.69, 9.17) is 0 Å². The Bertz CT molecular complexity index is 508. The molecule has 108 valence electrons. The number of nitro groups is 1. The summed E-state index contributed by atoms with van der Waals surface area (Å²) in [6.07, 6.45) is 1.97. The Morgan fingerprint density at radius 2 is 2.10 bits per heavy atom. The van der Waals surface area contributed by atoms with E-state index in [1.165, 1.54) is 6.07 Å². The zero-order chi connectivity index (χ0) is 14.7. The molecule has 6 nitrogen and oxygen atoms in total. The molecule has 1 aliphatic rings. The van der Waals surface area contributed by atoms with Crippen LogP contribution < -0.4 is 4.90 Å². The number of nitrogens with zero attached hydrogens (tertiary/aromatic N) is 2. The minimum atomic E-state index is -0.548. The van der Waals surface area contributed by atoms with E-state index in [9.17, 15) is 20.0 Å². The molecule has 0 aromatic heterocycles. The number of hydrogen-bond acceptors (Lipinski definition) is 5. The Morgan fingerprint density at radius 3 is 2.60 bits per heavy atom. The maximum absolute atomic E-state index is 11.0. The Kier molecular flexibility index (Phi) is 4.34. The summed E-state index contributed by atoms with van der Waals surface area (Å²) in [5, 5.41) is 20.4. The topological polar surface area (TPSA) is 83.7 Å². The van der Waals surface area contributed by atoms with Gasteiger partial charge in [0.15, 0.2) is 6.29 Å². The number of aldehydes is 1. The van der Waals surface area contributed by atoms with Crippen molar-refractivity contribution in [2.75, 3.05) is 18.0 Å². The lowest BCUT2D eigenvalue weighted by Gasteiger charge is -2.34. The van der Waals surface area contributed by atoms with Gasteiger partial charge in [0.2, 0.25) is 0 Å². The molecule has 1 unspecified atom stereocenters. The lowest BCUT2D eigenvalue weighted by Crippen LogP contribution is -2.37. The van der Waals surface area contributed by atoms with Gasteiger partial charge in [-0.05, 0) is 37.8 Å². The van der Waals surface area contributed by atoms with Gasteiger partial charge in [0.25, 0.3) is 5.69 Å². The number of anilines is 1. The SMILES string of the molecule is CC(O)C1CCN(c2ccc([N+](=O)[O-])c(C=O)c2)CC1. The van der Waals surface area contributed by atoms with Crippen LogP contribution in [-0.4, -0.2) is 35.5 Å². The molecular weight excluding hydrogens is 260 g/mol. The smallest absolute Gasteiger partial charge is 0.280 e. The van der Waals surface area contributed by atoms with Crippen molar-refractivity contribution in [3.05, 3.63) is 33.9 Å². The van der Waals surface area contributed by atoms with Gasteiger partial charge in [-0.1, -0.05) is 0 Å². The molecule has 20 heavy (non-hydrogen) atoms. The summed E-state index contributed by atoms with van der Waals surface area (Å²) in [4.78, 5) is 23.3. The highest BCUT2D eigenvalue weighted by molar-refractivity contribution is 5.83. The van der Waals surface area contributed by atoms with Crippen LogP contribution in [0.3, 0.4) is 0 Å². The minimum absolute atomic E-state index is 0.102. The first-order chi connectivity index (χ1) is 9.52. The van der Waals surface area contributed by atoms with Crippen molar-refractivity contribution in [3.8, 4) is 0 Å². The zero-order valence-corrected chi connectivity index (χ0v) is 11.4. The van der Waals surface area contributed by atoms with Gasteiger partial charge in [-0.25, -0.2) is 0 Å². The molecule has 2 rings (SSSR count). The van der Waals surface area contributed by atoms with E-state index < -0.39 is 4.92 Å². The second-order valence-electron chi connectivity index (χ2n) is 5.18. The quantitative estimate of drug-likeness (QED) is 0.517. The van der Waals surface area contributed by atoms with Crippen LogP contribution in [0, 0.1) is 16.0 Å². The number of hydrogen-bond donors (Lipinski definition) is 1. The van der Waals surface area contributed by atoms with Crippen LogP contribution in [0.5, 0.6) is 0 Å². The van der Waals surface area contributed by atoms with Gasteiger partial charge in [0.05, 0.1) is 16.6 Å². The van der Waals surface area contributed by atoms with Crippen molar-refractivity contribution in [3.63, 3.8) is 0 Å². The fraction of sp³-hybridized carbons (Fsp3) is 0.500. The molecule has 0 spiro atoms. The molecule has 0 bridgehead atoms. The Labute approximate surface area is 117 Å². The van der Waals surface area contributed by atoms with Crippen LogP contribution in [0.25, 0.3) is 0 Å². The predicted octanol–water partition coefficient (Wildman–Crippen LogP) is 2.00. The standard InChI is InChI=1S/C14H18N2O4/c1-10(18)11-4-6-15(7-5-11)13-2-3-14(16(19)20)12(8-13)9-17/h2-3,8-11,18H,4-7H2,1H3. The number of carbonyl (C=O) groups is 1. The lowest BCUT2D eigenvalue weighted by atomic mass is 9.92. The summed E-state index contributed by atoms with van der Waals surface area (Å²) in [6, 6.07) is 4.61. The van der Waals surface area contributed by atoms with E-state index in [2.05, 4.69) is 4.90 Å². The molecule has 1 saturated heterocycles. The van der Waals surface area contributed by atoms with Crippen molar-refractivity contribution in [2.24, 2.45) is 5.92 Å². The van der Waals surface area contributed by atoms with Crippen LogP contribution in [-0.2, 0) is 0 Å². The van der Waals surface area contributed by atoms with Crippen LogP contribution >= 0.6 is 0 Å². The molecule has 1 aliphatic heterocycles. The number of carbonyl (C=O) groups excluding carboxylic acids is 1. The zero-order valence-electron chi connectivity index (χ0n) is 11.4. The molecule has 1 heterocycles. The van der Waals surface area contributed by atoms with Crippen molar-refractivity contribution in [1.82, 2.24) is 0 Å². The molecule has 1 N–H and O–H groups in total. The second-order valence-corrected chi connectivity index (χ2v) is 5.18. The number of piperidine rings is 1. The average molecular weight is 278 g/mol. The minimum Gasteiger partial charge on any atom is -0.393 e. The first kappa shape index (κ1) is 14.5. The number of rotatable bonds is 4. The van der Waals surface area contributed by atoms with Crippen molar-refractivity contribution in [2.45, 2.75) is 25.9 Å². The largest absolute Gasteiger partial charge is 0.393 e. The van der Waals surface area contributed by atoms with Crippen LogP contribution in [0.1, 0.15) is 30.1 Å². The fourth-order valence-electron chi connectivity index (χ4n) is 2.64. The Hall–Kier alpha value is -1.95. The lowest BCUT2D eigenvalue weighted by molar-refractivity contribution is -0.385. The van der Waals surface area contributed by atoms with Gasteiger partial charge in [0.1, 0.15) is 0 Å². The molecule has 0 aliphatic carbocycles. The summed E-state index contributed by atoms with van der Waals surface area (Å²) < 4.78 is 0. The van der Waals surface area contributed by atoms with Gasteiger partial charge < -0.3 is 10.0 Å². The number of aliphatic hydroxyl groups is 1. The highest BCUT2D eigenvalue weighted by atomic mass is 16.6. The number of nitro benzene ring substituents is 1.